The maximum atomic E-state index is 4.16. The molecule has 0 bridgehead atoms. The number of hydrogen-bond donors (Lipinski definition) is 1. The van der Waals surface area contributed by atoms with Crippen molar-refractivity contribution in [2.45, 2.75) is 52.2 Å². The Balaban J connectivity index is 1.74. The molecule has 0 radical (unpaired) electrons. The predicted octanol–water partition coefficient (Wildman–Crippen LogP) is 2.89. The summed E-state index contributed by atoms with van der Waals surface area (Å²) in [6.07, 6.45) is 2.39. The predicted molar refractivity (Wildman–Crippen MR) is 81.6 cm³/mol. The zero-order valence-corrected chi connectivity index (χ0v) is 13.0. The van der Waals surface area contributed by atoms with Crippen LogP contribution in [-0.4, -0.2) is 20.2 Å². The van der Waals surface area contributed by atoms with E-state index in [0.29, 0.717) is 12.6 Å². The van der Waals surface area contributed by atoms with Crippen LogP contribution in [0.5, 0.6) is 0 Å². The lowest BCUT2D eigenvalue weighted by Gasteiger charge is -2.32. The molecule has 0 amide bonds. The summed E-state index contributed by atoms with van der Waals surface area (Å²) in [5.41, 5.74) is 1.43. The molecule has 3 rings (SSSR count). The fraction of sp³-hybridized carbons (Fsp3) is 0.562. The molecule has 5 heteroatoms. The van der Waals surface area contributed by atoms with Gasteiger partial charge in [0.15, 0.2) is 5.82 Å². The molecule has 0 saturated heterocycles. The Labute approximate surface area is 125 Å². The van der Waals surface area contributed by atoms with E-state index < -0.39 is 0 Å². The Morgan fingerprint density at radius 3 is 2.57 bits per heavy atom. The van der Waals surface area contributed by atoms with Gasteiger partial charge in [-0.3, -0.25) is 0 Å². The highest BCUT2D eigenvalue weighted by atomic mass is 15.6. The summed E-state index contributed by atoms with van der Waals surface area (Å²) in [4.78, 5) is 0. The molecule has 1 N–H and O–H groups in total. The first kappa shape index (κ1) is 14.2. The average molecular weight is 285 g/mol. The lowest BCUT2D eigenvalue weighted by molar-refractivity contribution is 0.267. The van der Waals surface area contributed by atoms with Crippen molar-refractivity contribution in [1.82, 2.24) is 25.5 Å². The molecule has 1 fully saturated rings. The first-order chi connectivity index (χ1) is 10.1. The van der Waals surface area contributed by atoms with E-state index in [2.05, 4.69) is 71.9 Å². The molecular weight excluding hydrogens is 262 g/mol. The Morgan fingerprint density at radius 1 is 1.24 bits per heavy atom. The molecule has 1 heterocycles. The summed E-state index contributed by atoms with van der Waals surface area (Å²) >= 11 is 0. The number of tetrazole rings is 1. The normalized spacial score (nSPS) is 16.9. The van der Waals surface area contributed by atoms with Crippen molar-refractivity contribution in [3.63, 3.8) is 0 Å². The van der Waals surface area contributed by atoms with E-state index in [4.69, 9.17) is 0 Å². The number of aromatic nitrogens is 4. The largest absolute Gasteiger partial charge is 0.302 e. The Kier molecular flexibility index (Phi) is 3.76. The Bertz CT molecular complexity index is 580. The molecule has 112 valence electrons. The van der Waals surface area contributed by atoms with Gasteiger partial charge in [-0.1, -0.05) is 51.1 Å². The topological polar surface area (TPSA) is 55.6 Å². The van der Waals surface area contributed by atoms with E-state index >= 15 is 0 Å². The van der Waals surface area contributed by atoms with Crippen LogP contribution in [0.25, 0.3) is 0 Å². The van der Waals surface area contributed by atoms with Crippen molar-refractivity contribution in [3.8, 4) is 0 Å². The van der Waals surface area contributed by atoms with Gasteiger partial charge < -0.3 is 5.32 Å². The van der Waals surface area contributed by atoms with Gasteiger partial charge in [0.25, 0.3) is 0 Å². The second-order valence-electron chi connectivity index (χ2n) is 6.86. The number of rotatable bonds is 5. The molecule has 1 aliphatic rings. The van der Waals surface area contributed by atoms with Gasteiger partial charge in [0.05, 0.1) is 12.6 Å². The third-order valence-electron chi connectivity index (χ3n) is 3.92. The van der Waals surface area contributed by atoms with Gasteiger partial charge >= 0.3 is 0 Å². The monoisotopic (exact) mass is 285 g/mol. The zero-order valence-electron chi connectivity index (χ0n) is 13.0. The fourth-order valence-electron chi connectivity index (χ4n) is 2.69. The lowest BCUT2D eigenvalue weighted by atomic mass is 9.82. The first-order valence-electron chi connectivity index (χ1n) is 7.61. The van der Waals surface area contributed by atoms with Gasteiger partial charge in [0, 0.05) is 6.04 Å². The van der Waals surface area contributed by atoms with Crippen LogP contribution in [0.1, 0.15) is 57.1 Å². The highest BCUT2D eigenvalue weighted by Gasteiger charge is 2.29. The second-order valence-corrected chi connectivity index (χ2v) is 6.86. The molecule has 1 aromatic heterocycles. The number of benzene rings is 1. The highest BCUT2D eigenvalue weighted by molar-refractivity contribution is 5.20. The van der Waals surface area contributed by atoms with E-state index in [0.717, 1.165) is 5.82 Å². The minimum atomic E-state index is 0.124. The SMILES string of the molecule is CC(C)(C)C(NCc1nnnn1C1CC1)c1ccccc1. The van der Waals surface area contributed by atoms with Crippen molar-refractivity contribution in [2.24, 2.45) is 5.41 Å². The molecule has 1 saturated carbocycles. The standard InChI is InChI=1S/C16H23N5/c1-16(2,3)15(12-7-5-4-6-8-12)17-11-14-18-19-20-21(14)13-9-10-13/h4-8,13,15,17H,9-11H2,1-3H3. The molecule has 0 spiro atoms. The maximum absolute atomic E-state index is 4.16. The van der Waals surface area contributed by atoms with E-state index in [-0.39, 0.29) is 11.5 Å². The molecule has 2 aromatic rings. The van der Waals surface area contributed by atoms with Crippen molar-refractivity contribution in [3.05, 3.63) is 41.7 Å². The van der Waals surface area contributed by atoms with Crippen LogP contribution in [-0.2, 0) is 6.54 Å². The lowest BCUT2D eigenvalue weighted by Crippen LogP contribution is -2.32. The smallest absolute Gasteiger partial charge is 0.165 e. The summed E-state index contributed by atoms with van der Waals surface area (Å²) in [6.45, 7) is 7.45. The second kappa shape index (κ2) is 5.56. The summed E-state index contributed by atoms with van der Waals surface area (Å²) in [7, 11) is 0. The van der Waals surface area contributed by atoms with Crippen LogP contribution in [0.15, 0.2) is 30.3 Å². The summed E-state index contributed by atoms with van der Waals surface area (Å²) in [5.74, 6) is 0.933. The molecule has 0 aliphatic heterocycles. The van der Waals surface area contributed by atoms with Crippen LogP contribution in [0.2, 0.25) is 0 Å². The van der Waals surface area contributed by atoms with E-state index in [1.807, 2.05) is 4.68 Å². The van der Waals surface area contributed by atoms with Gasteiger partial charge in [0.2, 0.25) is 0 Å². The summed E-state index contributed by atoms with van der Waals surface area (Å²) in [5, 5.41) is 15.7. The van der Waals surface area contributed by atoms with Crippen LogP contribution in [0, 0.1) is 5.41 Å². The van der Waals surface area contributed by atoms with E-state index in [9.17, 15) is 0 Å². The number of nitrogens with zero attached hydrogens (tertiary/aromatic N) is 4. The summed E-state index contributed by atoms with van der Waals surface area (Å²) in [6, 6.07) is 11.4. The molecule has 1 atom stereocenters. The third kappa shape index (κ3) is 3.29. The molecule has 21 heavy (non-hydrogen) atoms. The Hall–Kier alpha value is -1.75. The third-order valence-corrected chi connectivity index (χ3v) is 3.92. The van der Waals surface area contributed by atoms with Crippen LogP contribution >= 0.6 is 0 Å². The average Bonchev–Trinajstić information content (AvgIpc) is 3.18. The van der Waals surface area contributed by atoms with Gasteiger partial charge in [-0.25, -0.2) is 4.68 Å². The fourth-order valence-corrected chi connectivity index (χ4v) is 2.69. The van der Waals surface area contributed by atoms with E-state index in [1.165, 1.54) is 18.4 Å². The first-order valence-corrected chi connectivity index (χ1v) is 7.61. The Morgan fingerprint density at radius 2 is 1.95 bits per heavy atom. The number of nitrogens with one attached hydrogen (secondary N) is 1. The highest BCUT2D eigenvalue weighted by Crippen LogP contribution is 2.35. The number of hydrogen-bond acceptors (Lipinski definition) is 4. The molecule has 1 aromatic carbocycles. The van der Waals surface area contributed by atoms with Crippen molar-refractivity contribution >= 4 is 0 Å². The minimum Gasteiger partial charge on any atom is -0.302 e. The van der Waals surface area contributed by atoms with Gasteiger partial charge in [-0.2, -0.15) is 0 Å². The minimum absolute atomic E-state index is 0.124. The molecule has 1 aliphatic carbocycles. The van der Waals surface area contributed by atoms with E-state index in [1.54, 1.807) is 0 Å². The van der Waals surface area contributed by atoms with Crippen LogP contribution < -0.4 is 5.32 Å². The maximum Gasteiger partial charge on any atom is 0.165 e. The van der Waals surface area contributed by atoms with Crippen molar-refractivity contribution < 1.29 is 0 Å². The van der Waals surface area contributed by atoms with Gasteiger partial charge in [0.1, 0.15) is 0 Å². The summed E-state index contributed by atoms with van der Waals surface area (Å²) < 4.78 is 1.97. The molecule has 5 nitrogen and oxygen atoms in total. The van der Waals surface area contributed by atoms with Crippen molar-refractivity contribution in [1.29, 1.82) is 0 Å². The zero-order chi connectivity index (χ0) is 14.9. The van der Waals surface area contributed by atoms with Gasteiger partial charge in [-0.05, 0) is 34.2 Å². The molecular formula is C16H23N5. The van der Waals surface area contributed by atoms with Crippen molar-refractivity contribution in [2.75, 3.05) is 0 Å². The molecule has 1 unspecified atom stereocenters. The quantitative estimate of drug-likeness (QED) is 0.917. The van der Waals surface area contributed by atoms with Gasteiger partial charge in [-0.15, -0.1) is 5.10 Å². The van der Waals surface area contributed by atoms with Crippen LogP contribution in [0.4, 0.5) is 0 Å². The van der Waals surface area contributed by atoms with Crippen LogP contribution in [0.3, 0.4) is 0 Å².